The van der Waals surface area contributed by atoms with Crippen LogP contribution in [0.15, 0.2) is 18.3 Å². The molecule has 5 nitrogen and oxygen atoms in total. The van der Waals surface area contributed by atoms with Crippen molar-refractivity contribution in [2.75, 3.05) is 31.1 Å². The van der Waals surface area contributed by atoms with Crippen molar-refractivity contribution in [2.45, 2.75) is 45.8 Å². The molecule has 1 aliphatic heterocycles. The number of carbonyl (C=O) groups excluding carboxylic acids is 1. The molecule has 0 saturated carbocycles. The molecule has 1 fully saturated rings. The standard InChI is InChI=1S/C18H27F3N4O/c1-3-24(4-2)16-6-5-15(12-22-16)13-23-17(26)25-9-7-14(8-10-25)11-18(19,20)21/h5-6,12,14H,3-4,7-11,13H2,1-2H3,(H,23,26). The summed E-state index contributed by atoms with van der Waals surface area (Å²) in [4.78, 5) is 20.3. The Bertz CT molecular complexity index is 565. The lowest BCUT2D eigenvalue weighted by atomic mass is 9.93. The van der Waals surface area contributed by atoms with Crippen LogP contribution < -0.4 is 10.2 Å². The number of piperidine rings is 1. The maximum Gasteiger partial charge on any atom is 0.389 e. The fraction of sp³-hybridized carbons (Fsp3) is 0.667. The van der Waals surface area contributed by atoms with Gasteiger partial charge in [0.1, 0.15) is 5.82 Å². The molecule has 1 aromatic heterocycles. The van der Waals surface area contributed by atoms with Crippen LogP contribution in [0.2, 0.25) is 0 Å². The quantitative estimate of drug-likeness (QED) is 0.826. The normalized spacial score (nSPS) is 15.8. The van der Waals surface area contributed by atoms with Crippen LogP contribution in [-0.4, -0.2) is 48.3 Å². The predicted octanol–water partition coefficient (Wildman–Crippen LogP) is 3.80. The average Bonchev–Trinajstić information content (AvgIpc) is 2.61. The Morgan fingerprint density at radius 3 is 2.42 bits per heavy atom. The number of hydrogen-bond acceptors (Lipinski definition) is 3. The number of halogens is 3. The zero-order valence-corrected chi connectivity index (χ0v) is 15.4. The summed E-state index contributed by atoms with van der Waals surface area (Å²) in [6.45, 7) is 6.98. The SMILES string of the molecule is CCN(CC)c1ccc(CNC(=O)N2CCC(CC(F)(F)F)CC2)cn1. The van der Waals surface area contributed by atoms with E-state index in [0.717, 1.165) is 24.5 Å². The monoisotopic (exact) mass is 372 g/mol. The molecule has 26 heavy (non-hydrogen) atoms. The topological polar surface area (TPSA) is 48.5 Å². The minimum atomic E-state index is -4.13. The summed E-state index contributed by atoms with van der Waals surface area (Å²) in [7, 11) is 0. The third-order valence-corrected chi connectivity index (χ3v) is 4.76. The second-order valence-corrected chi connectivity index (χ2v) is 6.61. The van der Waals surface area contributed by atoms with E-state index >= 15 is 0 Å². The van der Waals surface area contributed by atoms with Crippen LogP contribution in [0.5, 0.6) is 0 Å². The lowest BCUT2D eigenvalue weighted by molar-refractivity contribution is -0.147. The fourth-order valence-electron chi connectivity index (χ4n) is 3.21. The predicted molar refractivity (Wildman–Crippen MR) is 95.0 cm³/mol. The summed E-state index contributed by atoms with van der Waals surface area (Å²) in [5.74, 6) is 0.521. The van der Waals surface area contributed by atoms with E-state index in [1.807, 2.05) is 12.1 Å². The Balaban J connectivity index is 1.77. The molecule has 0 aliphatic carbocycles. The highest BCUT2D eigenvalue weighted by Crippen LogP contribution is 2.30. The van der Waals surface area contributed by atoms with Gasteiger partial charge in [0.2, 0.25) is 0 Å². The molecule has 1 saturated heterocycles. The summed E-state index contributed by atoms with van der Waals surface area (Å²) >= 11 is 0. The van der Waals surface area contributed by atoms with Crippen LogP contribution in [0.3, 0.4) is 0 Å². The summed E-state index contributed by atoms with van der Waals surface area (Å²) in [5.41, 5.74) is 0.890. The number of anilines is 1. The van der Waals surface area contributed by atoms with Gasteiger partial charge in [-0.25, -0.2) is 9.78 Å². The number of rotatable bonds is 6. The van der Waals surface area contributed by atoms with Crippen LogP contribution >= 0.6 is 0 Å². The van der Waals surface area contributed by atoms with Crippen molar-refractivity contribution in [3.63, 3.8) is 0 Å². The molecule has 0 radical (unpaired) electrons. The number of nitrogens with one attached hydrogen (secondary N) is 1. The molecule has 2 rings (SSSR count). The van der Waals surface area contributed by atoms with Crippen LogP contribution in [0.4, 0.5) is 23.8 Å². The fourth-order valence-corrected chi connectivity index (χ4v) is 3.21. The van der Waals surface area contributed by atoms with Gasteiger partial charge in [0.25, 0.3) is 0 Å². The van der Waals surface area contributed by atoms with E-state index in [2.05, 4.69) is 29.0 Å². The van der Waals surface area contributed by atoms with Gasteiger partial charge in [-0.15, -0.1) is 0 Å². The molecule has 1 N–H and O–H groups in total. The van der Waals surface area contributed by atoms with Crippen molar-refractivity contribution in [1.29, 1.82) is 0 Å². The van der Waals surface area contributed by atoms with Crippen molar-refractivity contribution < 1.29 is 18.0 Å². The second-order valence-electron chi connectivity index (χ2n) is 6.61. The lowest BCUT2D eigenvalue weighted by Crippen LogP contribution is -2.44. The maximum atomic E-state index is 12.4. The molecule has 1 aromatic rings. The Labute approximate surface area is 152 Å². The minimum absolute atomic E-state index is 0.233. The second kappa shape index (κ2) is 9.09. The zero-order chi connectivity index (χ0) is 19.2. The summed E-state index contributed by atoms with van der Waals surface area (Å²) in [6.07, 6.45) is -2.35. The number of nitrogens with zero attached hydrogens (tertiary/aromatic N) is 3. The van der Waals surface area contributed by atoms with Gasteiger partial charge < -0.3 is 15.1 Å². The molecule has 0 unspecified atom stereocenters. The van der Waals surface area contributed by atoms with Gasteiger partial charge in [-0.1, -0.05) is 6.07 Å². The number of hydrogen-bond donors (Lipinski definition) is 1. The smallest absolute Gasteiger partial charge is 0.357 e. The molecule has 0 aromatic carbocycles. The van der Waals surface area contributed by atoms with Gasteiger partial charge in [0, 0.05) is 45.3 Å². The van der Waals surface area contributed by atoms with Gasteiger partial charge in [-0.05, 0) is 44.2 Å². The van der Waals surface area contributed by atoms with Crippen molar-refractivity contribution >= 4 is 11.8 Å². The lowest BCUT2D eigenvalue weighted by Gasteiger charge is -2.32. The number of likely N-dealkylation sites (tertiary alicyclic amines) is 1. The molecule has 146 valence electrons. The number of amides is 2. The van der Waals surface area contributed by atoms with E-state index in [1.54, 1.807) is 11.1 Å². The molecule has 2 amide bonds. The molecule has 1 aliphatic rings. The van der Waals surface area contributed by atoms with Crippen LogP contribution in [0, 0.1) is 5.92 Å². The van der Waals surface area contributed by atoms with Gasteiger partial charge in [0.05, 0.1) is 0 Å². The molecular formula is C18H27F3N4O. The highest BCUT2D eigenvalue weighted by Gasteiger charge is 2.34. The molecule has 0 atom stereocenters. The highest BCUT2D eigenvalue weighted by molar-refractivity contribution is 5.74. The van der Waals surface area contributed by atoms with E-state index in [9.17, 15) is 18.0 Å². The number of urea groups is 1. The van der Waals surface area contributed by atoms with Crippen molar-refractivity contribution in [1.82, 2.24) is 15.2 Å². The third kappa shape index (κ3) is 6.07. The van der Waals surface area contributed by atoms with Crippen LogP contribution in [-0.2, 0) is 6.54 Å². The number of pyridine rings is 1. The van der Waals surface area contributed by atoms with Crippen LogP contribution in [0.25, 0.3) is 0 Å². The largest absolute Gasteiger partial charge is 0.389 e. The molecule has 2 heterocycles. The van der Waals surface area contributed by atoms with E-state index in [0.29, 0.717) is 32.5 Å². The number of alkyl halides is 3. The minimum Gasteiger partial charge on any atom is -0.357 e. The first kappa shape index (κ1) is 20.3. The first-order valence-corrected chi connectivity index (χ1v) is 9.11. The summed E-state index contributed by atoms with van der Waals surface area (Å²) in [5, 5.41) is 2.82. The van der Waals surface area contributed by atoms with Crippen molar-refractivity contribution in [2.24, 2.45) is 5.92 Å². The third-order valence-electron chi connectivity index (χ3n) is 4.76. The van der Waals surface area contributed by atoms with E-state index < -0.39 is 12.6 Å². The zero-order valence-electron chi connectivity index (χ0n) is 15.4. The van der Waals surface area contributed by atoms with Crippen molar-refractivity contribution in [3.05, 3.63) is 23.9 Å². The number of aromatic nitrogens is 1. The summed E-state index contributed by atoms with van der Waals surface area (Å²) in [6, 6.07) is 3.62. The molecule has 8 heteroatoms. The first-order valence-electron chi connectivity index (χ1n) is 9.11. The molecule has 0 bridgehead atoms. The maximum absolute atomic E-state index is 12.4. The highest BCUT2D eigenvalue weighted by atomic mass is 19.4. The van der Waals surface area contributed by atoms with E-state index in [1.165, 1.54) is 0 Å². The first-order chi connectivity index (χ1) is 12.3. The van der Waals surface area contributed by atoms with Crippen molar-refractivity contribution in [3.8, 4) is 0 Å². The van der Waals surface area contributed by atoms with E-state index in [-0.39, 0.29) is 11.9 Å². The van der Waals surface area contributed by atoms with Gasteiger partial charge in [-0.3, -0.25) is 0 Å². The summed E-state index contributed by atoms with van der Waals surface area (Å²) < 4.78 is 37.3. The van der Waals surface area contributed by atoms with Gasteiger partial charge in [-0.2, -0.15) is 13.2 Å². The Morgan fingerprint density at radius 2 is 1.92 bits per heavy atom. The van der Waals surface area contributed by atoms with Gasteiger partial charge >= 0.3 is 12.2 Å². The van der Waals surface area contributed by atoms with E-state index in [4.69, 9.17) is 0 Å². The Hall–Kier alpha value is -1.99. The Morgan fingerprint density at radius 1 is 1.27 bits per heavy atom. The Kier molecular flexibility index (Phi) is 7.11. The molecular weight excluding hydrogens is 345 g/mol. The average molecular weight is 372 g/mol. The van der Waals surface area contributed by atoms with Crippen LogP contribution in [0.1, 0.15) is 38.7 Å². The number of carbonyl (C=O) groups is 1. The molecule has 0 spiro atoms. The van der Waals surface area contributed by atoms with Gasteiger partial charge in [0.15, 0.2) is 0 Å².